The van der Waals surface area contributed by atoms with Gasteiger partial charge in [-0.2, -0.15) is 13.8 Å². The molecule has 84 valence electrons. The molecule has 0 aliphatic carbocycles. The van der Waals surface area contributed by atoms with Crippen LogP contribution in [0.2, 0.25) is 0 Å². The standard InChI is InChI=1S/C9H6ClF2N3O/c10-9(11,12)8-14-7(15-16-8)5-3-1-2-4-6(5)13/h1-4H,13H2. The molecule has 2 rings (SSSR count). The van der Waals surface area contributed by atoms with Gasteiger partial charge in [-0.1, -0.05) is 17.3 Å². The van der Waals surface area contributed by atoms with Gasteiger partial charge in [-0.25, -0.2) is 0 Å². The van der Waals surface area contributed by atoms with Gasteiger partial charge in [0.15, 0.2) is 0 Å². The van der Waals surface area contributed by atoms with Gasteiger partial charge in [-0.15, -0.1) is 0 Å². The first-order chi connectivity index (χ1) is 7.48. The zero-order chi connectivity index (χ0) is 11.8. The van der Waals surface area contributed by atoms with Gasteiger partial charge in [-0.05, 0) is 23.7 Å². The fraction of sp³-hybridized carbons (Fsp3) is 0.111. The monoisotopic (exact) mass is 245 g/mol. The molecule has 1 aromatic carbocycles. The fourth-order valence-corrected chi connectivity index (χ4v) is 1.23. The van der Waals surface area contributed by atoms with Crippen LogP contribution in [-0.2, 0) is 5.38 Å². The average Bonchev–Trinajstić information content (AvgIpc) is 2.66. The summed E-state index contributed by atoms with van der Waals surface area (Å²) >= 11 is 4.74. The van der Waals surface area contributed by atoms with E-state index in [1.807, 2.05) is 0 Å². The number of hydrogen-bond acceptors (Lipinski definition) is 4. The molecule has 4 nitrogen and oxygen atoms in total. The third-order valence-corrected chi connectivity index (χ3v) is 2.03. The van der Waals surface area contributed by atoms with Crippen molar-refractivity contribution in [1.29, 1.82) is 0 Å². The fourth-order valence-electron chi connectivity index (χ4n) is 1.15. The molecule has 2 N–H and O–H groups in total. The van der Waals surface area contributed by atoms with Crippen molar-refractivity contribution in [2.45, 2.75) is 5.38 Å². The second-order valence-electron chi connectivity index (χ2n) is 3.01. The highest BCUT2D eigenvalue weighted by molar-refractivity contribution is 6.21. The van der Waals surface area contributed by atoms with E-state index in [9.17, 15) is 8.78 Å². The smallest absolute Gasteiger partial charge is 0.398 e. The number of rotatable bonds is 2. The van der Waals surface area contributed by atoms with Crippen LogP contribution in [0.5, 0.6) is 0 Å². The molecule has 2 aromatic rings. The number of nitrogens with zero attached hydrogens (tertiary/aromatic N) is 2. The van der Waals surface area contributed by atoms with Crippen LogP contribution >= 0.6 is 11.6 Å². The van der Waals surface area contributed by atoms with Crippen LogP contribution in [0.25, 0.3) is 11.4 Å². The lowest BCUT2D eigenvalue weighted by Crippen LogP contribution is -2.03. The number of alkyl halides is 3. The topological polar surface area (TPSA) is 64.9 Å². The van der Waals surface area contributed by atoms with Gasteiger partial charge in [0.25, 0.3) is 0 Å². The Hall–Kier alpha value is -1.69. The van der Waals surface area contributed by atoms with Crippen molar-refractivity contribution in [3.8, 4) is 11.4 Å². The molecule has 0 saturated carbocycles. The molecule has 0 unspecified atom stereocenters. The van der Waals surface area contributed by atoms with E-state index < -0.39 is 11.3 Å². The third kappa shape index (κ3) is 1.96. The Morgan fingerprint density at radius 3 is 2.56 bits per heavy atom. The lowest BCUT2D eigenvalue weighted by molar-refractivity contribution is 0.0551. The summed E-state index contributed by atoms with van der Waals surface area (Å²) < 4.78 is 29.6. The van der Waals surface area contributed by atoms with E-state index in [1.165, 1.54) is 0 Å². The molecule has 0 atom stereocenters. The Bertz CT molecular complexity index is 509. The quantitative estimate of drug-likeness (QED) is 0.652. The van der Waals surface area contributed by atoms with Gasteiger partial charge in [0.1, 0.15) is 0 Å². The Balaban J connectivity index is 2.44. The summed E-state index contributed by atoms with van der Waals surface area (Å²) in [6.07, 6.45) is 0. The molecule has 7 heteroatoms. The van der Waals surface area contributed by atoms with Gasteiger partial charge in [0.05, 0.1) is 0 Å². The maximum Gasteiger partial charge on any atom is 0.400 e. The normalized spacial score (nSPS) is 11.7. The summed E-state index contributed by atoms with van der Waals surface area (Å²) in [5, 5.41) is -0.289. The zero-order valence-corrected chi connectivity index (χ0v) is 8.58. The highest BCUT2D eigenvalue weighted by Gasteiger charge is 2.35. The first-order valence-corrected chi connectivity index (χ1v) is 4.62. The number of para-hydroxylation sites is 1. The average molecular weight is 246 g/mol. The first-order valence-electron chi connectivity index (χ1n) is 4.24. The molecule has 0 aliphatic heterocycles. The third-order valence-electron chi connectivity index (χ3n) is 1.87. The molecule has 0 aliphatic rings. The van der Waals surface area contributed by atoms with Crippen LogP contribution < -0.4 is 5.73 Å². The van der Waals surface area contributed by atoms with Crippen molar-refractivity contribution < 1.29 is 13.3 Å². The van der Waals surface area contributed by atoms with Crippen molar-refractivity contribution in [2.75, 3.05) is 5.73 Å². The van der Waals surface area contributed by atoms with Crippen molar-refractivity contribution in [3.05, 3.63) is 30.2 Å². The van der Waals surface area contributed by atoms with Crippen LogP contribution in [0.4, 0.5) is 14.5 Å². The molecule has 1 heterocycles. The van der Waals surface area contributed by atoms with Crippen molar-refractivity contribution in [1.82, 2.24) is 10.1 Å². The van der Waals surface area contributed by atoms with Crippen molar-refractivity contribution >= 4 is 17.3 Å². The summed E-state index contributed by atoms with van der Waals surface area (Å²) in [6, 6.07) is 6.58. The molecule has 0 saturated heterocycles. The number of nitrogens with two attached hydrogens (primary N) is 1. The SMILES string of the molecule is Nc1ccccc1-c1noc(C(F)(F)Cl)n1. The van der Waals surface area contributed by atoms with E-state index in [1.54, 1.807) is 24.3 Å². The second-order valence-corrected chi connectivity index (χ2v) is 3.48. The zero-order valence-electron chi connectivity index (χ0n) is 7.82. The predicted octanol–water partition coefficient (Wildman–Crippen LogP) is 2.61. The lowest BCUT2D eigenvalue weighted by atomic mass is 10.2. The molecule has 1 aromatic heterocycles. The lowest BCUT2D eigenvalue weighted by Gasteiger charge is -1.99. The largest absolute Gasteiger partial charge is 0.400 e. The van der Waals surface area contributed by atoms with Gasteiger partial charge >= 0.3 is 11.3 Å². The Morgan fingerprint density at radius 2 is 2.00 bits per heavy atom. The maximum absolute atomic E-state index is 12.6. The maximum atomic E-state index is 12.6. The molecular weight excluding hydrogens is 240 g/mol. The summed E-state index contributed by atoms with van der Waals surface area (Å²) in [6.45, 7) is 0. The van der Waals surface area contributed by atoms with Gasteiger partial charge in [-0.3, -0.25) is 0 Å². The summed E-state index contributed by atoms with van der Waals surface area (Å²) in [7, 11) is 0. The van der Waals surface area contributed by atoms with Gasteiger partial charge < -0.3 is 10.3 Å². The number of hydrogen-bond donors (Lipinski definition) is 1. The Morgan fingerprint density at radius 1 is 1.31 bits per heavy atom. The number of halogens is 3. The molecule has 0 radical (unpaired) electrons. The minimum Gasteiger partial charge on any atom is -0.398 e. The summed E-state index contributed by atoms with van der Waals surface area (Å²) in [5.41, 5.74) is 6.41. The van der Waals surface area contributed by atoms with E-state index in [2.05, 4.69) is 14.7 Å². The van der Waals surface area contributed by atoms with Crippen LogP contribution in [0.1, 0.15) is 5.89 Å². The van der Waals surface area contributed by atoms with E-state index in [0.717, 1.165) is 0 Å². The molecule has 0 fully saturated rings. The van der Waals surface area contributed by atoms with E-state index in [0.29, 0.717) is 11.3 Å². The molecule has 0 spiro atoms. The summed E-state index contributed by atoms with van der Waals surface area (Å²) in [5.74, 6) is -0.971. The van der Waals surface area contributed by atoms with Crippen LogP contribution in [0, 0.1) is 0 Å². The number of anilines is 1. The van der Waals surface area contributed by atoms with E-state index in [-0.39, 0.29) is 5.82 Å². The highest BCUT2D eigenvalue weighted by atomic mass is 35.5. The molecular formula is C9H6ClF2N3O. The molecule has 0 amide bonds. The first kappa shape index (κ1) is 10.8. The minimum atomic E-state index is -3.67. The number of nitrogen functional groups attached to an aromatic ring is 1. The van der Waals surface area contributed by atoms with Crippen molar-refractivity contribution in [2.24, 2.45) is 0 Å². The summed E-state index contributed by atoms with van der Waals surface area (Å²) in [4.78, 5) is 3.47. The predicted molar refractivity (Wildman–Crippen MR) is 53.9 cm³/mol. The highest BCUT2D eigenvalue weighted by Crippen LogP contribution is 2.32. The number of aromatic nitrogens is 2. The Labute approximate surface area is 94.0 Å². The number of benzene rings is 1. The van der Waals surface area contributed by atoms with Crippen LogP contribution in [0.15, 0.2) is 28.8 Å². The van der Waals surface area contributed by atoms with Crippen LogP contribution in [-0.4, -0.2) is 10.1 Å². The Kier molecular flexibility index (Phi) is 2.51. The van der Waals surface area contributed by atoms with E-state index >= 15 is 0 Å². The second kappa shape index (κ2) is 3.71. The van der Waals surface area contributed by atoms with Gasteiger partial charge in [0.2, 0.25) is 5.82 Å². The minimum absolute atomic E-state index is 0.0200. The van der Waals surface area contributed by atoms with E-state index in [4.69, 9.17) is 17.3 Å². The van der Waals surface area contributed by atoms with Crippen LogP contribution in [0.3, 0.4) is 0 Å². The van der Waals surface area contributed by atoms with Gasteiger partial charge in [0, 0.05) is 11.3 Å². The molecule has 0 bridgehead atoms. The van der Waals surface area contributed by atoms with Crippen molar-refractivity contribution in [3.63, 3.8) is 0 Å². The molecule has 16 heavy (non-hydrogen) atoms.